The standard InChI is InChI=1S/C14H16F2N2O3S/c15-13(16)22-11-4-2-1-3-10(11)17-14(21)18-7-5-9(6-8-18)12(19)20/h1-4,9,13H,5-8H2,(H,17,21)(H,19,20). The molecule has 5 nitrogen and oxygen atoms in total. The summed E-state index contributed by atoms with van der Waals surface area (Å²) in [5, 5.41) is 11.5. The molecule has 0 aliphatic carbocycles. The SMILES string of the molecule is O=C(O)C1CCN(C(=O)Nc2ccccc2SC(F)F)CC1. The van der Waals surface area contributed by atoms with Crippen LogP contribution < -0.4 is 5.32 Å². The van der Waals surface area contributed by atoms with Gasteiger partial charge < -0.3 is 15.3 Å². The number of hydrogen-bond acceptors (Lipinski definition) is 3. The van der Waals surface area contributed by atoms with E-state index in [0.29, 0.717) is 48.3 Å². The highest BCUT2D eigenvalue weighted by atomic mass is 32.2. The van der Waals surface area contributed by atoms with Crippen LogP contribution in [-0.2, 0) is 4.79 Å². The zero-order chi connectivity index (χ0) is 16.1. The highest BCUT2D eigenvalue weighted by Gasteiger charge is 2.27. The van der Waals surface area contributed by atoms with Gasteiger partial charge >= 0.3 is 12.0 Å². The van der Waals surface area contributed by atoms with Gasteiger partial charge in [0.2, 0.25) is 0 Å². The average Bonchev–Trinajstić information content (AvgIpc) is 2.48. The molecule has 0 aromatic heterocycles. The van der Waals surface area contributed by atoms with Crippen molar-refractivity contribution in [3.05, 3.63) is 24.3 Å². The van der Waals surface area contributed by atoms with E-state index in [1.165, 1.54) is 11.0 Å². The smallest absolute Gasteiger partial charge is 0.321 e. The third-order valence-corrected chi connectivity index (χ3v) is 4.26. The predicted molar refractivity (Wildman–Crippen MR) is 79.3 cm³/mol. The largest absolute Gasteiger partial charge is 0.481 e. The highest BCUT2D eigenvalue weighted by molar-refractivity contribution is 7.99. The number of alkyl halides is 2. The summed E-state index contributed by atoms with van der Waals surface area (Å²) in [6.45, 7) is 0.680. The van der Waals surface area contributed by atoms with E-state index in [4.69, 9.17) is 5.11 Å². The molecule has 120 valence electrons. The van der Waals surface area contributed by atoms with Crippen LogP contribution in [0.25, 0.3) is 0 Å². The number of carboxylic acids is 1. The van der Waals surface area contributed by atoms with Crippen LogP contribution >= 0.6 is 11.8 Å². The molecule has 2 rings (SSSR count). The zero-order valence-corrected chi connectivity index (χ0v) is 12.5. The number of carboxylic acid groups (broad SMARTS) is 1. The van der Waals surface area contributed by atoms with Crippen molar-refractivity contribution in [3.8, 4) is 0 Å². The molecule has 0 bridgehead atoms. The number of thioether (sulfide) groups is 1. The van der Waals surface area contributed by atoms with Crippen molar-refractivity contribution in [2.45, 2.75) is 23.5 Å². The van der Waals surface area contributed by atoms with Crippen molar-refractivity contribution in [2.75, 3.05) is 18.4 Å². The molecule has 2 N–H and O–H groups in total. The van der Waals surface area contributed by atoms with Gasteiger partial charge in [0.05, 0.1) is 11.6 Å². The van der Waals surface area contributed by atoms with Crippen LogP contribution in [0.1, 0.15) is 12.8 Å². The topological polar surface area (TPSA) is 69.6 Å². The summed E-state index contributed by atoms with van der Waals surface area (Å²) in [6, 6.07) is 5.96. The quantitative estimate of drug-likeness (QED) is 0.831. The predicted octanol–water partition coefficient (Wildman–Crippen LogP) is 3.33. The number of nitrogens with zero attached hydrogens (tertiary/aromatic N) is 1. The zero-order valence-electron chi connectivity index (χ0n) is 11.7. The van der Waals surface area contributed by atoms with Crippen LogP contribution in [-0.4, -0.2) is 40.9 Å². The first-order valence-corrected chi connectivity index (χ1v) is 7.68. The van der Waals surface area contributed by atoms with Crippen LogP contribution in [0.3, 0.4) is 0 Å². The number of rotatable bonds is 4. The second-order valence-electron chi connectivity index (χ2n) is 4.90. The first-order valence-electron chi connectivity index (χ1n) is 6.80. The number of likely N-dealkylation sites (tertiary alicyclic amines) is 1. The molecule has 1 saturated heterocycles. The number of halogens is 2. The Morgan fingerprint density at radius 2 is 1.91 bits per heavy atom. The van der Waals surface area contributed by atoms with Gasteiger partial charge in [0.15, 0.2) is 0 Å². The number of anilines is 1. The van der Waals surface area contributed by atoms with Crippen LogP contribution in [0, 0.1) is 5.92 Å². The highest BCUT2D eigenvalue weighted by Crippen LogP contribution is 2.32. The van der Waals surface area contributed by atoms with E-state index < -0.39 is 23.7 Å². The van der Waals surface area contributed by atoms with Gasteiger partial charge in [-0.25, -0.2) is 4.79 Å². The number of hydrogen-bond donors (Lipinski definition) is 2. The van der Waals surface area contributed by atoms with Crippen molar-refractivity contribution in [1.29, 1.82) is 0 Å². The number of carbonyl (C=O) groups is 2. The fourth-order valence-corrected chi connectivity index (χ4v) is 2.89. The molecule has 1 aliphatic rings. The van der Waals surface area contributed by atoms with E-state index in [9.17, 15) is 18.4 Å². The number of urea groups is 1. The van der Waals surface area contributed by atoms with Crippen LogP contribution in [0.5, 0.6) is 0 Å². The lowest BCUT2D eigenvalue weighted by atomic mass is 9.97. The molecule has 8 heteroatoms. The molecule has 1 aromatic carbocycles. The molecule has 0 atom stereocenters. The van der Waals surface area contributed by atoms with Crippen molar-refractivity contribution in [1.82, 2.24) is 4.90 Å². The minimum atomic E-state index is -2.57. The number of aliphatic carboxylic acids is 1. The first kappa shape index (κ1) is 16.5. The van der Waals surface area contributed by atoms with Crippen LogP contribution in [0.2, 0.25) is 0 Å². The van der Waals surface area contributed by atoms with E-state index in [2.05, 4.69) is 5.32 Å². The number of para-hydroxylation sites is 1. The Balaban J connectivity index is 1.97. The Hall–Kier alpha value is -1.83. The monoisotopic (exact) mass is 330 g/mol. The molecule has 0 unspecified atom stereocenters. The van der Waals surface area contributed by atoms with Crippen molar-refractivity contribution in [3.63, 3.8) is 0 Å². The molecule has 1 aromatic rings. The molecule has 1 aliphatic heterocycles. The number of nitrogens with one attached hydrogen (secondary N) is 1. The average molecular weight is 330 g/mol. The molecule has 2 amide bonds. The normalized spacial score (nSPS) is 15.9. The van der Waals surface area contributed by atoms with Gasteiger partial charge in [-0.3, -0.25) is 4.79 Å². The number of piperidine rings is 1. The summed E-state index contributed by atoms with van der Waals surface area (Å²) >= 11 is 0.374. The number of amides is 2. The van der Waals surface area contributed by atoms with Gasteiger partial charge in [-0.2, -0.15) is 8.78 Å². The van der Waals surface area contributed by atoms with Crippen molar-refractivity contribution >= 4 is 29.4 Å². The molecule has 1 heterocycles. The maximum absolute atomic E-state index is 12.5. The summed E-state index contributed by atoms with van der Waals surface area (Å²) in [7, 11) is 0. The third-order valence-electron chi connectivity index (χ3n) is 3.48. The minimum Gasteiger partial charge on any atom is -0.481 e. The van der Waals surface area contributed by atoms with Gasteiger partial charge in [0.1, 0.15) is 0 Å². The van der Waals surface area contributed by atoms with E-state index in [-0.39, 0.29) is 0 Å². The summed E-state index contributed by atoms with van der Waals surface area (Å²) in [5.74, 6) is -3.84. The van der Waals surface area contributed by atoms with Gasteiger partial charge in [-0.15, -0.1) is 0 Å². The van der Waals surface area contributed by atoms with Crippen molar-refractivity contribution < 1.29 is 23.5 Å². The fraction of sp³-hybridized carbons (Fsp3) is 0.429. The first-order chi connectivity index (χ1) is 10.5. The van der Waals surface area contributed by atoms with E-state index in [0.717, 1.165) is 0 Å². The van der Waals surface area contributed by atoms with Crippen LogP contribution in [0.4, 0.5) is 19.3 Å². The lowest BCUT2D eigenvalue weighted by molar-refractivity contribution is -0.143. The van der Waals surface area contributed by atoms with E-state index in [1.807, 2.05) is 0 Å². The van der Waals surface area contributed by atoms with Gasteiger partial charge in [-0.05, 0) is 25.0 Å². The minimum absolute atomic E-state index is 0.297. The summed E-state index contributed by atoms with van der Waals surface area (Å²) in [4.78, 5) is 24.8. The Morgan fingerprint density at radius 1 is 1.27 bits per heavy atom. The Morgan fingerprint density at radius 3 is 2.50 bits per heavy atom. The van der Waals surface area contributed by atoms with Gasteiger partial charge in [0.25, 0.3) is 5.76 Å². The maximum atomic E-state index is 12.5. The molecule has 22 heavy (non-hydrogen) atoms. The Kier molecular flexibility index (Phi) is 5.59. The van der Waals surface area contributed by atoms with Gasteiger partial charge in [-0.1, -0.05) is 23.9 Å². The molecular formula is C14H16F2N2O3S. The summed E-state index contributed by atoms with van der Waals surface area (Å²) < 4.78 is 25.0. The summed E-state index contributed by atoms with van der Waals surface area (Å²) in [6.07, 6.45) is 0.798. The Bertz CT molecular complexity index is 549. The number of benzene rings is 1. The second kappa shape index (κ2) is 7.44. The van der Waals surface area contributed by atoms with Crippen LogP contribution in [0.15, 0.2) is 29.2 Å². The molecule has 1 fully saturated rings. The van der Waals surface area contributed by atoms with E-state index >= 15 is 0 Å². The van der Waals surface area contributed by atoms with E-state index in [1.54, 1.807) is 18.2 Å². The lowest BCUT2D eigenvalue weighted by Gasteiger charge is -2.30. The molecule has 0 saturated carbocycles. The number of carbonyl (C=O) groups excluding carboxylic acids is 1. The third kappa shape index (κ3) is 4.33. The lowest BCUT2D eigenvalue weighted by Crippen LogP contribution is -2.42. The molecule has 0 radical (unpaired) electrons. The molecular weight excluding hydrogens is 314 g/mol. The Labute approximate surface area is 130 Å². The van der Waals surface area contributed by atoms with Gasteiger partial charge in [0, 0.05) is 18.0 Å². The maximum Gasteiger partial charge on any atom is 0.321 e. The summed E-state index contributed by atoms with van der Waals surface area (Å²) in [5.41, 5.74) is 0.332. The molecule has 0 spiro atoms. The van der Waals surface area contributed by atoms with Crippen molar-refractivity contribution in [2.24, 2.45) is 5.92 Å². The fourth-order valence-electron chi connectivity index (χ4n) is 2.29. The second-order valence-corrected chi connectivity index (χ2v) is 5.94.